The molecule has 7 nitrogen and oxygen atoms in total. The largest absolute Gasteiger partial charge is 0.468 e. The summed E-state index contributed by atoms with van der Waals surface area (Å²) in [5.74, 6) is 0.947. The second-order valence-corrected chi connectivity index (χ2v) is 8.53. The Balaban J connectivity index is 2.36. The van der Waals surface area contributed by atoms with Crippen molar-refractivity contribution < 1.29 is 18.6 Å². The SMILES string of the molecule is COC(=O)C1CSC(CCOP(N)(=O)N(CCCl)CCCl)N1. The van der Waals surface area contributed by atoms with E-state index in [1.54, 1.807) is 11.8 Å². The molecule has 0 aromatic heterocycles. The molecule has 0 amide bonds. The number of halogens is 2. The molecule has 130 valence electrons. The third kappa shape index (κ3) is 6.53. The van der Waals surface area contributed by atoms with Crippen molar-refractivity contribution in [3.05, 3.63) is 0 Å². The number of esters is 1. The van der Waals surface area contributed by atoms with Gasteiger partial charge in [0.25, 0.3) is 0 Å². The smallest absolute Gasteiger partial charge is 0.340 e. The van der Waals surface area contributed by atoms with Gasteiger partial charge in [0.05, 0.1) is 19.1 Å². The molecule has 0 aliphatic carbocycles. The molecule has 1 aliphatic rings. The molecule has 3 N–H and O–H groups in total. The maximum absolute atomic E-state index is 12.3. The minimum absolute atomic E-state index is 0.0404. The van der Waals surface area contributed by atoms with Crippen LogP contribution in [0.15, 0.2) is 0 Å². The van der Waals surface area contributed by atoms with Crippen molar-refractivity contribution in [3.63, 3.8) is 0 Å². The molecule has 1 saturated heterocycles. The summed E-state index contributed by atoms with van der Waals surface area (Å²) in [4.78, 5) is 11.4. The highest BCUT2D eigenvalue weighted by atomic mass is 35.5. The Morgan fingerprint density at radius 1 is 1.45 bits per heavy atom. The number of nitrogens with one attached hydrogen (secondary N) is 1. The first-order valence-corrected chi connectivity index (χ1v) is 10.6. The number of hydrogen-bond acceptors (Lipinski definition) is 6. The van der Waals surface area contributed by atoms with Gasteiger partial charge in [-0.3, -0.25) is 14.7 Å². The van der Waals surface area contributed by atoms with Crippen LogP contribution in [-0.4, -0.2) is 66.4 Å². The summed E-state index contributed by atoms with van der Waals surface area (Å²) in [6.45, 7) is 0.916. The zero-order chi connectivity index (χ0) is 16.6. The number of hydrogen-bond donors (Lipinski definition) is 2. The van der Waals surface area contributed by atoms with Gasteiger partial charge in [0.1, 0.15) is 6.04 Å². The summed E-state index contributed by atoms with van der Waals surface area (Å²) in [5.41, 5.74) is 5.76. The molecule has 22 heavy (non-hydrogen) atoms. The van der Waals surface area contributed by atoms with E-state index in [9.17, 15) is 9.36 Å². The number of nitrogens with two attached hydrogens (primary N) is 1. The first-order chi connectivity index (χ1) is 10.4. The van der Waals surface area contributed by atoms with E-state index < -0.39 is 7.67 Å². The van der Waals surface area contributed by atoms with Crippen LogP contribution < -0.4 is 10.8 Å². The summed E-state index contributed by atoms with van der Waals surface area (Å²) in [7, 11) is -2.04. The Labute approximate surface area is 145 Å². The molecule has 0 radical (unpaired) electrons. The summed E-state index contributed by atoms with van der Waals surface area (Å²) in [6, 6.07) is -0.311. The second kappa shape index (κ2) is 10.4. The van der Waals surface area contributed by atoms with Gasteiger partial charge in [0.15, 0.2) is 0 Å². The Hall–Kier alpha value is 0.470. The monoisotopic (exact) mass is 393 g/mol. The van der Waals surface area contributed by atoms with Crippen LogP contribution in [0.1, 0.15) is 6.42 Å². The van der Waals surface area contributed by atoms with E-state index in [1.165, 1.54) is 11.8 Å². The number of rotatable bonds is 10. The Morgan fingerprint density at radius 2 is 2.09 bits per heavy atom. The number of methoxy groups -OCH3 is 1. The third-order valence-corrected chi connectivity index (χ3v) is 6.45. The van der Waals surface area contributed by atoms with E-state index in [0.29, 0.717) is 37.0 Å². The third-order valence-electron chi connectivity index (χ3n) is 3.07. The van der Waals surface area contributed by atoms with E-state index >= 15 is 0 Å². The average Bonchev–Trinajstić information content (AvgIpc) is 2.95. The molecular formula is C11H22Cl2N3O4PS. The van der Waals surface area contributed by atoms with Gasteiger partial charge in [-0.25, -0.2) is 10.2 Å². The molecule has 3 unspecified atom stereocenters. The fourth-order valence-corrected chi connectivity index (χ4v) is 5.05. The first-order valence-electron chi connectivity index (χ1n) is 6.80. The minimum atomic E-state index is -3.40. The number of ether oxygens (including phenoxy) is 1. The van der Waals surface area contributed by atoms with E-state index in [0.717, 1.165) is 0 Å². The van der Waals surface area contributed by atoms with Crippen LogP contribution in [0.3, 0.4) is 0 Å². The topological polar surface area (TPSA) is 93.9 Å². The molecule has 1 aliphatic heterocycles. The molecule has 1 heterocycles. The summed E-state index contributed by atoms with van der Waals surface area (Å²) in [6.07, 6.45) is 0.578. The number of alkyl halides is 2. The van der Waals surface area contributed by atoms with Crippen LogP contribution in [0, 0.1) is 0 Å². The highest BCUT2D eigenvalue weighted by Crippen LogP contribution is 2.42. The summed E-state index contributed by atoms with van der Waals surface area (Å²) in [5, 5.41) is 3.17. The summed E-state index contributed by atoms with van der Waals surface area (Å²) >= 11 is 12.9. The van der Waals surface area contributed by atoms with Crippen LogP contribution in [0.5, 0.6) is 0 Å². The molecule has 0 spiro atoms. The van der Waals surface area contributed by atoms with Crippen molar-refractivity contribution in [2.75, 3.05) is 44.3 Å². The van der Waals surface area contributed by atoms with Crippen molar-refractivity contribution in [1.82, 2.24) is 9.99 Å². The van der Waals surface area contributed by atoms with Gasteiger partial charge in [0.2, 0.25) is 0 Å². The van der Waals surface area contributed by atoms with Crippen LogP contribution in [0.25, 0.3) is 0 Å². The molecule has 0 aromatic rings. The van der Waals surface area contributed by atoms with Crippen LogP contribution >= 0.6 is 42.6 Å². The standard InChI is InChI=1S/C11H22Cl2N3O4PS/c1-19-11(17)9-8-22-10(15-9)2-7-20-21(14,18)16(5-3-12)6-4-13/h9-10,15H,2-8H2,1H3,(H2,14,18). The van der Waals surface area contributed by atoms with Gasteiger partial charge in [-0.2, -0.15) is 0 Å². The number of carbonyl (C=O) groups is 1. The minimum Gasteiger partial charge on any atom is -0.468 e. The fourth-order valence-electron chi connectivity index (χ4n) is 1.94. The van der Waals surface area contributed by atoms with Gasteiger partial charge < -0.3 is 9.26 Å². The van der Waals surface area contributed by atoms with E-state index in [-0.39, 0.29) is 24.0 Å². The Kier molecular flexibility index (Phi) is 9.66. The summed E-state index contributed by atoms with van der Waals surface area (Å²) < 4.78 is 23.9. The van der Waals surface area contributed by atoms with Crippen LogP contribution in [0.4, 0.5) is 0 Å². The lowest BCUT2D eigenvalue weighted by Gasteiger charge is -2.26. The van der Waals surface area contributed by atoms with E-state index in [4.69, 9.17) is 33.2 Å². The molecule has 1 rings (SSSR count). The Morgan fingerprint density at radius 3 is 2.64 bits per heavy atom. The molecule has 11 heteroatoms. The van der Waals surface area contributed by atoms with Crippen LogP contribution in [0.2, 0.25) is 0 Å². The van der Waals surface area contributed by atoms with Crippen molar-refractivity contribution in [2.45, 2.75) is 17.8 Å². The highest BCUT2D eigenvalue weighted by molar-refractivity contribution is 8.00. The van der Waals surface area contributed by atoms with Gasteiger partial charge in [-0.15, -0.1) is 35.0 Å². The maximum Gasteiger partial charge on any atom is 0.340 e. The van der Waals surface area contributed by atoms with Gasteiger partial charge in [0, 0.05) is 30.6 Å². The van der Waals surface area contributed by atoms with Gasteiger partial charge >= 0.3 is 13.6 Å². The molecule has 3 atom stereocenters. The van der Waals surface area contributed by atoms with E-state index in [2.05, 4.69) is 10.1 Å². The van der Waals surface area contributed by atoms with E-state index in [1.807, 2.05) is 0 Å². The zero-order valence-corrected chi connectivity index (χ0v) is 15.6. The average molecular weight is 394 g/mol. The molecular weight excluding hydrogens is 372 g/mol. The molecule has 1 fully saturated rings. The number of thioether (sulfide) groups is 1. The quantitative estimate of drug-likeness (QED) is 0.327. The highest BCUT2D eigenvalue weighted by Gasteiger charge is 2.31. The molecule has 0 aromatic carbocycles. The maximum atomic E-state index is 12.3. The van der Waals surface area contributed by atoms with Crippen molar-refractivity contribution in [2.24, 2.45) is 5.50 Å². The van der Waals surface area contributed by atoms with Crippen molar-refractivity contribution in [3.8, 4) is 0 Å². The zero-order valence-electron chi connectivity index (χ0n) is 12.4. The van der Waals surface area contributed by atoms with Crippen LogP contribution in [-0.2, 0) is 18.6 Å². The number of carbonyl (C=O) groups excluding carboxylic acids is 1. The van der Waals surface area contributed by atoms with Crippen molar-refractivity contribution in [1.29, 1.82) is 0 Å². The lowest BCUT2D eigenvalue weighted by atomic mass is 10.3. The Bertz CT molecular complexity index is 402. The second-order valence-electron chi connectivity index (χ2n) is 4.58. The predicted octanol–water partition coefficient (Wildman–Crippen LogP) is 1.44. The van der Waals surface area contributed by atoms with Gasteiger partial charge in [-0.1, -0.05) is 0 Å². The first kappa shape index (κ1) is 20.5. The lowest BCUT2D eigenvalue weighted by molar-refractivity contribution is -0.142. The van der Waals surface area contributed by atoms with Gasteiger partial charge in [-0.05, 0) is 6.42 Å². The fraction of sp³-hybridized carbons (Fsp3) is 0.909. The normalized spacial score (nSPS) is 24.4. The number of nitrogens with zero attached hydrogens (tertiary/aromatic N) is 1. The lowest BCUT2D eigenvalue weighted by Crippen LogP contribution is -2.38. The molecule has 0 saturated carbocycles. The molecule has 0 bridgehead atoms. The predicted molar refractivity (Wildman–Crippen MR) is 90.6 cm³/mol. The van der Waals surface area contributed by atoms with Crippen molar-refractivity contribution >= 4 is 48.6 Å².